The van der Waals surface area contributed by atoms with Gasteiger partial charge >= 0.3 is 24.4 Å². The van der Waals surface area contributed by atoms with Gasteiger partial charge in [0.25, 0.3) is 5.91 Å². The Bertz CT molecular complexity index is 1240. The van der Waals surface area contributed by atoms with E-state index in [0.29, 0.717) is 12.3 Å². The first-order valence-corrected chi connectivity index (χ1v) is 13.8. The van der Waals surface area contributed by atoms with Gasteiger partial charge in [-0.25, -0.2) is 9.97 Å². The van der Waals surface area contributed by atoms with Crippen molar-refractivity contribution in [1.82, 2.24) is 19.9 Å². The number of nitrogens with one attached hydrogen (secondary N) is 1. The van der Waals surface area contributed by atoms with Crippen LogP contribution in [0.3, 0.4) is 0 Å². The van der Waals surface area contributed by atoms with Gasteiger partial charge < -0.3 is 15.2 Å². The molecule has 0 aliphatic heterocycles. The largest absolute Gasteiger partial charge is 0.431 e. The van der Waals surface area contributed by atoms with Crippen LogP contribution < -0.4 is 10.1 Å². The van der Waals surface area contributed by atoms with Crippen LogP contribution in [-0.2, 0) is 24.4 Å². The second-order valence-electron chi connectivity index (χ2n) is 10.5. The molecule has 2 aromatic heterocycles. The average Bonchev–Trinajstić information content (AvgIpc) is 3.19. The molecule has 1 aliphatic rings. The summed E-state index contributed by atoms with van der Waals surface area (Å²) in [6, 6.07) is 1.06. The lowest BCUT2D eigenvalue weighted by Crippen LogP contribution is -2.38. The van der Waals surface area contributed by atoms with Crippen molar-refractivity contribution in [3.8, 4) is 11.6 Å². The van der Waals surface area contributed by atoms with E-state index >= 15 is 0 Å². The zero-order valence-electron chi connectivity index (χ0n) is 22.8. The lowest BCUT2D eigenvalue weighted by atomic mass is 9.81. The van der Waals surface area contributed by atoms with Crippen molar-refractivity contribution in [3.05, 3.63) is 34.5 Å². The van der Waals surface area contributed by atoms with Crippen LogP contribution in [0.2, 0.25) is 5.15 Å². The summed E-state index contributed by atoms with van der Waals surface area (Å²) in [5, 5.41) is 12.8. The standard InChI is InChI=1S/C25H32ClF5N4O3.O2S/c1-5-18-34-19(22(37)33-12-15-7-6-13(2)8-16(15)36)20(26)35(18)21-17(38-23(27)28)9-14(11-32-21)10-24(3,4)25(29,30)31;1-3-2/h9,11,13,15-16,23,36H,5-8,10,12H2,1-4H3,(H,33,37);/t13-,15+,16-;/m0./s1. The van der Waals surface area contributed by atoms with Gasteiger partial charge in [0.2, 0.25) is 0 Å². The number of pyridine rings is 1. The molecule has 0 radical (unpaired) electrons. The molecule has 1 amide bonds. The van der Waals surface area contributed by atoms with Crippen molar-refractivity contribution in [2.24, 2.45) is 17.3 Å². The van der Waals surface area contributed by atoms with Gasteiger partial charge in [-0.15, -0.1) is 0 Å². The number of aliphatic hydroxyl groups is 1. The summed E-state index contributed by atoms with van der Waals surface area (Å²) in [6.45, 7) is 2.66. The zero-order chi connectivity index (χ0) is 31.1. The summed E-state index contributed by atoms with van der Waals surface area (Å²) in [4.78, 5) is 21.3. The Morgan fingerprint density at radius 2 is 1.93 bits per heavy atom. The second-order valence-corrected chi connectivity index (χ2v) is 11.0. The molecule has 0 saturated heterocycles. The fourth-order valence-electron chi connectivity index (χ4n) is 4.54. The minimum atomic E-state index is -4.54. The van der Waals surface area contributed by atoms with Crippen LogP contribution in [0.4, 0.5) is 22.0 Å². The van der Waals surface area contributed by atoms with Gasteiger partial charge in [-0.2, -0.15) is 30.4 Å². The monoisotopic (exact) mass is 630 g/mol. The first-order valence-electron chi connectivity index (χ1n) is 12.7. The molecule has 230 valence electrons. The number of aromatic nitrogens is 3. The lowest BCUT2D eigenvalue weighted by molar-refractivity contribution is -0.211. The highest BCUT2D eigenvalue weighted by Gasteiger charge is 2.47. The van der Waals surface area contributed by atoms with Gasteiger partial charge in [-0.05, 0) is 36.8 Å². The van der Waals surface area contributed by atoms with Gasteiger partial charge in [-0.3, -0.25) is 9.36 Å². The molecule has 2 aromatic rings. The Balaban J connectivity index is 0.00000187. The van der Waals surface area contributed by atoms with Crippen LogP contribution in [0.15, 0.2) is 12.3 Å². The van der Waals surface area contributed by atoms with E-state index < -0.39 is 54.0 Å². The molecule has 3 atom stereocenters. The van der Waals surface area contributed by atoms with Crippen molar-refractivity contribution in [2.75, 3.05) is 6.54 Å². The number of halogens is 6. The van der Waals surface area contributed by atoms with E-state index in [2.05, 4.69) is 26.9 Å². The van der Waals surface area contributed by atoms with E-state index in [1.807, 2.05) is 0 Å². The molecule has 0 unspecified atom stereocenters. The summed E-state index contributed by atoms with van der Waals surface area (Å²) < 4.78 is 89.0. The van der Waals surface area contributed by atoms with Crippen LogP contribution in [0.1, 0.15) is 68.8 Å². The maximum absolute atomic E-state index is 13.4. The van der Waals surface area contributed by atoms with Gasteiger partial charge in [0, 0.05) is 25.1 Å². The molecule has 9 nitrogen and oxygen atoms in total. The van der Waals surface area contributed by atoms with E-state index in [1.165, 1.54) is 4.57 Å². The van der Waals surface area contributed by atoms with Crippen LogP contribution in [0.5, 0.6) is 5.75 Å². The third kappa shape index (κ3) is 8.92. The number of carbonyl (C=O) groups excluding carboxylic acids is 1. The molecule has 0 spiro atoms. The van der Waals surface area contributed by atoms with Crippen LogP contribution in [0, 0.1) is 17.3 Å². The Morgan fingerprint density at radius 1 is 1.29 bits per heavy atom. The van der Waals surface area contributed by atoms with Crippen molar-refractivity contribution >= 4 is 29.1 Å². The minimum Gasteiger partial charge on any atom is -0.431 e. The molecule has 3 rings (SSSR count). The zero-order valence-corrected chi connectivity index (χ0v) is 24.4. The summed E-state index contributed by atoms with van der Waals surface area (Å²) in [7, 11) is 0. The Kier molecular flexibility index (Phi) is 12.2. The van der Waals surface area contributed by atoms with Gasteiger partial charge in [0.05, 0.1) is 11.5 Å². The smallest absolute Gasteiger partial charge is 0.394 e. The predicted octanol–water partition coefficient (Wildman–Crippen LogP) is 5.07. The highest BCUT2D eigenvalue weighted by Crippen LogP contribution is 2.41. The first-order chi connectivity index (χ1) is 19.1. The lowest BCUT2D eigenvalue weighted by Gasteiger charge is -2.31. The molecule has 1 saturated carbocycles. The number of alkyl halides is 5. The average molecular weight is 631 g/mol. The fraction of sp³-hybridized carbons (Fsp3) is 0.640. The Labute approximate surface area is 242 Å². The number of imidazole rings is 1. The minimum absolute atomic E-state index is 0.0272. The van der Waals surface area contributed by atoms with Gasteiger partial charge in [0.15, 0.2) is 17.3 Å². The Hall–Kier alpha value is -2.65. The molecule has 41 heavy (non-hydrogen) atoms. The van der Waals surface area contributed by atoms with E-state index in [0.717, 1.165) is 39.0 Å². The topological polar surface area (TPSA) is 123 Å². The summed E-state index contributed by atoms with van der Waals surface area (Å²) in [6.07, 6.45) is -1.93. The number of nitrogens with zero attached hydrogens (tertiary/aromatic N) is 3. The molecule has 2 N–H and O–H groups in total. The van der Waals surface area contributed by atoms with E-state index in [1.54, 1.807) is 6.92 Å². The van der Waals surface area contributed by atoms with Crippen LogP contribution in [-0.4, -0.2) is 59.4 Å². The number of amides is 1. The van der Waals surface area contributed by atoms with Crippen molar-refractivity contribution < 1.29 is 45.0 Å². The molecule has 1 aliphatic carbocycles. The second kappa shape index (κ2) is 14.5. The molecule has 0 aromatic carbocycles. The SMILES string of the molecule is CCc1nc(C(=O)NC[C@H]2CC[C@H](C)C[C@@H]2O)c(Cl)n1-c1ncc(CC(C)(C)C(F)(F)F)cc1OC(F)F.O=S=O. The summed E-state index contributed by atoms with van der Waals surface area (Å²) in [5.74, 6) is -0.865. The van der Waals surface area contributed by atoms with Gasteiger partial charge in [-0.1, -0.05) is 45.7 Å². The maximum atomic E-state index is 13.4. The normalized spacial score (nSPS) is 19.4. The third-order valence-corrected chi connectivity index (χ3v) is 7.24. The number of carbonyl (C=O) groups is 1. The molecular formula is C25H32ClF5N4O5S. The van der Waals surface area contributed by atoms with Crippen molar-refractivity contribution in [1.29, 1.82) is 0 Å². The van der Waals surface area contributed by atoms with Gasteiger partial charge in [0.1, 0.15) is 11.0 Å². The van der Waals surface area contributed by atoms with E-state index in [9.17, 15) is 31.9 Å². The van der Waals surface area contributed by atoms with Crippen molar-refractivity contribution in [2.45, 2.75) is 78.7 Å². The number of hydrogen-bond donors (Lipinski definition) is 2. The molecule has 16 heteroatoms. The molecule has 2 heterocycles. The number of ether oxygens (including phenoxy) is 1. The molecular weight excluding hydrogens is 599 g/mol. The molecule has 1 fully saturated rings. The fourth-order valence-corrected chi connectivity index (χ4v) is 4.84. The summed E-state index contributed by atoms with van der Waals surface area (Å²) >= 11 is 5.73. The highest BCUT2D eigenvalue weighted by molar-refractivity contribution is 7.51. The quantitative estimate of drug-likeness (QED) is 0.371. The highest BCUT2D eigenvalue weighted by atomic mass is 35.5. The predicted molar refractivity (Wildman–Crippen MR) is 140 cm³/mol. The third-order valence-electron chi connectivity index (χ3n) is 6.90. The van der Waals surface area contributed by atoms with Crippen LogP contribution in [0.25, 0.3) is 5.82 Å². The number of rotatable bonds is 9. The number of hydrogen-bond acceptors (Lipinski definition) is 7. The van der Waals surface area contributed by atoms with E-state index in [-0.39, 0.29) is 46.9 Å². The Morgan fingerprint density at radius 3 is 2.46 bits per heavy atom. The van der Waals surface area contributed by atoms with Crippen molar-refractivity contribution in [3.63, 3.8) is 0 Å². The van der Waals surface area contributed by atoms with E-state index in [4.69, 9.17) is 20.0 Å². The molecule has 0 bridgehead atoms. The van der Waals surface area contributed by atoms with Crippen LogP contribution >= 0.6 is 11.6 Å². The summed E-state index contributed by atoms with van der Waals surface area (Å²) in [5.41, 5.74) is -2.29. The number of aliphatic hydroxyl groups excluding tert-OH is 1. The number of aryl methyl sites for hydroxylation is 1. The first kappa shape index (κ1) is 34.6. The maximum Gasteiger partial charge on any atom is 0.394 e.